The third-order valence-electron chi connectivity index (χ3n) is 13.3. The highest BCUT2D eigenvalue weighted by Crippen LogP contribution is 2.18. The van der Waals surface area contributed by atoms with Gasteiger partial charge in [-0.1, -0.05) is 276 Å². The molecule has 5 heteroatoms. The van der Waals surface area contributed by atoms with E-state index in [0.717, 1.165) is 44.9 Å². The van der Waals surface area contributed by atoms with Gasteiger partial charge in [0.25, 0.3) is 0 Å². The molecule has 0 aromatic rings. The van der Waals surface area contributed by atoms with Gasteiger partial charge in [-0.05, 0) is 51.4 Å². The Kier molecular flexibility index (Phi) is 51.5. The van der Waals surface area contributed by atoms with Crippen LogP contribution in [0.3, 0.4) is 0 Å². The van der Waals surface area contributed by atoms with Crippen LogP contribution >= 0.6 is 0 Å². The summed E-state index contributed by atoms with van der Waals surface area (Å²) < 4.78 is 0. The van der Waals surface area contributed by atoms with Gasteiger partial charge in [0.05, 0.1) is 18.8 Å². The van der Waals surface area contributed by atoms with Crippen LogP contribution in [0.25, 0.3) is 0 Å². The predicted molar refractivity (Wildman–Crippen MR) is 273 cm³/mol. The summed E-state index contributed by atoms with van der Waals surface area (Å²) in [5.41, 5.74) is 0. The Balaban J connectivity index is 3.56. The fraction of sp³-hybridized carbons (Fsp3) is 0.912. The molecule has 0 radical (unpaired) electrons. The number of amides is 1. The second kappa shape index (κ2) is 52.5. The molecule has 3 unspecified atom stereocenters. The summed E-state index contributed by atoms with van der Waals surface area (Å²) in [5, 5.41) is 33.7. The molecule has 0 fully saturated rings. The van der Waals surface area contributed by atoms with Gasteiger partial charge in [0.2, 0.25) is 5.91 Å². The van der Waals surface area contributed by atoms with Gasteiger partial charge in [-0.25, -0.2) is 0 Å². The van der Waals surface area contributed by atoms with Gasteiger partial charge < -0.3 is 20.6 Å². The maximum absolute atomic E-state index is 12.5. The minimum Gasteiger partial charge on any atom is -0.394 e. The molecular formula is C57H111NO4. The van der Waals surface area contributed by atoms with Gasteiger partial charge in [0, 0.05) is 6.42 Å². The molecule has 0 spiro atoms. The molecule has 0 rings (SSSR count). The number of hydrogen-bond donors (Lipinski definition) is 4. The number of unbranched alkanes of at least 4 members (excludes halogenated alkanes) is 40. The lowest BCUT2D eigenvalue weighted by molar-refractivity contribution is -0.124. The van der Waals surface area contributed by atoms with E-state index >= 15 is 0 Å². The molecule has 0 aromatic carbocycles. The van der Waals surface area contributed by atoms with Crippen molar-refractivity contribution in [2.45, 2.75) is 327 Å². The van der Waals surface area contributed by atoms with E-state index in [1.807, 2.05) is 0 Å². The number of carbonyl (C=O) groups excluding carboxylic acids is 1. The largest absolute Gasteiger partial charge is 0.394 e. The number of nitrogens with one attached hydrogen (secondary N) is 1. The summed E-state index contributed by atoms with van der Waals surface area (Å²) in [5.74, 6) is -0.152. The smallest absolute Gasteiger partial charge is 0.220 e. The summed E-state index contributed by atoms with van der Waals surface area (Å²) in [6.45, 7) is 4.20. The molecular weight excluding hydrogens is 763 g/mol. The minimum atomic E-state index is -1.16. The minimum absolute atomic E-state index is 0.152. The lowest BCUT2D eigenvalue weighted by Gasteiger charge is -2.26. The normalized spacial score (nSPS) is 13.4. The Morgan fingerprint density at radius 2 is 0.661 bits per heavy atom. The van der Waals surface area contributed by atoms with Crippen LogP contribution in [0, 0.1) is 0 Å². The van der Waals surface area contributed by atoms with Gasteiger partial charge >= 0.3 is 0 Å². The van der Waals surface area contributed by atoms with E-state index in [-0.39, 0.29) is 12.5 Å². The molecule has 0 aromatic heterocycles. The molecule has 0 aliphatic heterocycles. The Labute approximate surface area is 388 Å². The zero-order chi connectivity index (χ0) is 45.1. The highest BCUT2D eigenvalue weighted by atomic mass is 16.3. The first kappa shape index (κ1) is 60.8. The van der Waals surface area contributed by atoms with Gasteiger partial charge in [-0.15, -0.1) is 0 Å². The monoisotopic (exact) mass is 874 g/mol. The standard InChI is InChI=1S/C57H111NO4/c1-3-5-7-9-11-13-15-17-19-21-23-25-26-27-28-29-30-32-34-36-38-40-42-44-46-48-50-52-56(61)58-54(53-59)57(62)55(60)51-49-47-45-43-41-39-37-35-33-31-24-22-20-18-16-14-12-10-8-6-4-2/h35,37,43,45,54-55,57,59-60,62H,3-34,36,38-42,44,46-53H2,1-2H3,(H,58,61)/b37-35+,45-43+. The van der Waals surface area contributed by atoms with Crippen molar-refractivity contribution in [3.05, 3.63) is 24.3 Å². The zero-order valence-corrected chi connectivity index (χ0v) is 42.0. The van der Waals surface area contributed by atoms with Crippen molar-refractivity contribution in [3.63, 3.8) is 0 Å². The number of carbonyl (C=O) groups is 1. The molecule has 4 N–H and O–H groups in total. The van der Waals surface area contributed by atoms with E-state index in [1.54, 1.807) is 0 Å². The second-order valence-corrected chi connectivity index (χ2v) is 19.5. The lowest BCUT2D eigenvalue weighted by Crippen LogP contribution is -2.50. The van der Waals surface area contributed by atoms with Crippen LogP contribution in [0.4, 0.5) is 0 Å². The van der Waals surface area contributed by atoms with Crippen LogP contribution in [0.5, 0.6) is 0 Å². The lowest BCUT2D eigenvalue weighted by atomic mass is 10.0. The van der Waals surface area contributed by atoms with Gasteiger partial charge in [0.1, 0.15) is 6.10 Å². The summed E-state index contributed by atoms with van der Waals surface area (Å²) in [6.07, 6.45) is 66.2. The molecule has 0 aliphatic rings. The van der Waals surface area contributed by atoms with Crippen molar-refractivity contribution in [2.75, 3.05) is 6.61 Å². The van der Waals surface area contributed by atoms with Crippen molar-refractivity contribution in [1.82, 2.24) is 5.32 Å². The molecule has 62 heavy (non-hydrogen) atoms. The Hall–Kier alpha value is -1.17. The quantitative estimate of drug-likeness (QED) is 0.0362. The van der Waals surface area contributed by atoms with Crippen LogP contribution in [0.1, 0.15) is 309 Å². The maximum atomic E-state index is 12.5. The maximum Gasteiger partial charge on any atom is 0.220 e. The van der Waals surface area contributed by atoms with E-state index in [1.165, 1.54) is 238 Å². The fourth-order valence-electron chi connectivity index (χ4n) is 8.95. The Morgan fingerprint density at radius 1 is 0.387 bits per heavy atom. The summed E-state index contributed by atoms with van der Waals surface area (Å²) in [4.78, 5) is 12.5. The number of aliphatic hydroxyl groups is 3. The van der Waals surface area contributed by atoms with Crippen molar-refractivity contribution < 1.29 is 20.1 Å². The van der Waals surface area contributed by atoms with Crippen LogP contribution in [0.2, 0.25) is 0 Å². The van der Waals surface area contributed by atoms with E-state index in [0.29, 0.717) is 12.8 Å². The highest BCUT2D eigenvalue weighted by Gasteiger charge is 2.26. The molecule has 0 heterocycles. The topological polar surface area (TPSA) is 89.8 Å². The van der Waals surface area contributed by atoms with Crippen LogP contribution < -0.4 is 5.32 Å². The number of allylic oxidation sites excluding steroid dienone is 4. The van der Waals surface area contributed by atoms with E-state index in [2.05, 4.69) is 43.5 Å². The predicted octanol–water partition coefficient (Wildman–Crippen LogP) is 17.3. The molecule has 0 aliphatic carbocycles. The van der Waals surface area contributed by atoms with Crippen LogP contribution in [-0.4, -0.2) is 46.1 Å². The van der Waals surface area contributed by atoms with Crippen molar-refractivity contribution in [1.29, 1.82) is 0 Å². The number of aliphatic hydroxyl groups excluding tert-OH is 3. The van der Waals surface area contributed by atoms with Crippen molar-refractivity contribution in [3.8, 4) is 0 Å². The molecule has 1 amide bonds. The molecule has 3 atom stereocenters. The Morgan fingerprint density at radius 3 is 0.984 bits per heavy atom. The summed E-state index contributed by atoms with van der Waals surface area (Å²) >= 11 is 0. The molecule has 0 saturated heterocycles. The van der Waals surface area contributed by atoms with Crippen LogP contribution in [0.15, 0.2) is 24.3 Å². The third-order valence-corrected chi connectivity index (χ3v) is 13.3. The Bertz CT molecular complexity index is 920. The first-order valence-electron chi connectivity index (χ1n) is 28.1. The first-order valence-corrected chi connectivity index (χ1v) is 28.1. The first-order chi connectivity index (χ1) is 30.6. The van der Waals surface area contributed by atoms with Gasteiger partial charge in [-0.3, -0.25) is 4.79 Å². The SMILES string of the molecule is CCCCCCCCCCCCCC/C=C/CC/C=C/CCCC(O)C(O)C(CO)NC(=O)CCCCCCCCCCCCCCCCCCCCCCCCCCCCC. The summed E-state index contributed by atoms with van der Waals surface area (Å²) in [7, 11) is 0. The number of rotatable bonds is 52. The highest BCUT2D eigenvalue weighted by molar-refractivity contribution is 5.76. The fourth-order valence-corrected chi connectivity index (χ4v) is 8.95. The van der Waals surface area contributed by atoms with E-state index < -0.39 is 18.2 Å². The van der Waals surface area contributed by atoms with E-state index in [9.17, 15) is 20.1 Å². The average molecular weight is 875 g/mol. The van der Waals surface area contributed by atoms with Crippen molar-refractivity contribution in [2.24, 2.45) is 0 Å². The third kappa shape index (κ3) is 46.8. The van der Waals surface area contributed by atoms with Gasteiger partial charge in [0.15, 0.2) is 0 Å². The van der Waals surface area contributed by atoms with Crippen LogP contribution in [-0.2, 0) is 4.79 Å². The van der Waals surface area contributed by atoms with E-state index in [4.69, 9.17) is 0 Å². The molecule has 0 bridgehead atoms. The molecule has 5 nitrogen and oxygen atoms in total. The average Bonchev–Trinajstić information content (AvgIpc) is 3.28. The molecule has 0 saturated carbocycles. The number of hydrogen-bond acceptors (Lipinski definition) is 4. The zero-order valence-electron chi connectivity index (χ0n) is 42.0. The molecule has 368 valence electrons. The second-order valence-electron chi connectivity index (χ2n) is 19.5. The summed E-state index contributed by atoms with van der Waals surface area (Å²) in [6, 6.07) is -0.830. The van der Waals surface area contributed by atoms with Gasteiger partial charge in [-0.2, -0.15) is 0 Å². The van der Waals surface area contributed by atoms with Crippen molar-refractivity contribution >= 4 is 5.91 Å².